The van der Waals surface area contributed by atoms with Crippen molar-refractivity contribution in [3.05, 3.63) is 59.4 Å². The molecule has 2 aromatic rings. The van der Waals surface area contributed by atoms with Crippen molar-refractivity contribution in [1.82, 2.24) is 15.6 Å². The molecule has 1 aromatic carbocycles. The summed E-state index contributed by atoms with van der Waals surface area (Å²) in [7, 11) is 2.88. The first-order valence-electron chi connectivity index (χ1n) is 7.30. The summed E-state index contributed by atoms with van der Waals surface area (Å²) in [4.78, 5) is 27.4. The highest BCUT2D eigenvalue weighted by Gasteiger charge is 2.08. The van der Waals surface area contributed by atoms with Crippen LogP contribution >= 0.6 is 0 Å². The molecule has 0 fully saturated rings. The topological polar surface area (TPSA) is 89.5 Å². The van der Waals surface area contributed by atoms with Crippen LogP contribution in [-0.4, -0.2) is 31.2 Å². The Morgan fingerprint density at radius 2 is 1.92 bits per heavy atom. The Kier molecular flexibility index (Phi) is 6.13. The molecule has 7 heteroatoms. The van der Waals surface area contributed by atoms with Crippen molar-refractivity contribution in [2.45, 2.75) is 13.1 Å². The second-order valence-corrected chi connectivity index (χ2v) is 4.92. The smallest absolute Gasteiger partial charge is 0.407 e. The molecule has 2 amide bonds. The van der Waals surface area contributed by atoms with E-state index in [1.165, 1.54) is 13.3 Å². The molecule has 126 valence electrons. The Morgan fingerprint density at radius 1 is 1.08 bits per heavy atom. The fourth-order valence-corrected chi connectivity index (χ4v) is 2.02. The number of rotatable bonds is 6. The maximum atomic E-state index is 12.2. The molecule has 1 heterocycles. The zero-order chi connectivity index (χ0) is 17.4. The molecule has 0 aliphatic carbocycles. The summed E-state index contributed by atoms with van der Waals surface area (Å²) in [5, 5.41) is 5.35. The molecular formula is C17H19N3O4. The number of aromatic nitrogens is 1. The molecule has 24 heavy (non-hydrogen) atoms. The Bertz CT molecular complexity index is 718. The quantitative estimate of drug-likeness (QED) is 0.844. The first-order chi connectivity index (χ1) is 11.6. The molecule has 0 saturated heterocycles. The first-order valence-corrected chi connectivity index (χ1v) is 7.30. The van der Waals surface area contributed by atoms with E-state index in [2.05, 4.69) is 20.4 Å². The van der Waals surface area contributed by atoms with Gasteiger partial charge in [0.2, 0.25) is 0 Å². The standard InChI is InChI=1S/C17H19N3O4/c1-23-15-5-3-4-12(8-15)10-19-16(21)13-6-7-18-14(9-13)11-20-17(22)24-2/h3-9H,10-11H2,1-2H3,(H,19,21)(H,20,22). The largest absolute Gasteiger partial charge is 0.497 e. The Labute approximate surface area is 140 Å². The number of nitrogens with zero attached hydrogens (tertiary/aromatic N) is 1. The van der Waals surface area contributed by atoms with Gasteiger partial charge in [0.05, 0.1) is 26.5 Å². The average Bonchev–Trinajstić information content (AvgIpc) is 2.64. The number of hydrogen-bond donors (Lipinski definition) is 2. The van der Waals surface area contributed by atoms with Gasteiger partial charge in [0.15, 0.2) is 0 Å². The maximum Gasteiger partial charge on any atom is 0.407 e. The number of nitrogens with one attached hydrogen (secondary N) is 2. The molecule has 0 bridgehead atoms. The monoisotopic (exact) mass is 329 g/mol. The molecule has 0 aliphatic heterocycles. The van der Waals surface area contributed by atoms with Crippen LogP contribution in [0.5, 0.6) is 5.75 Å². The van der Waals surface area contributed by atoms with Gasteiger partial charge in [-0.25, -0.2) is 4.79 Å². The van der Waals surface area contributed by atoms with E-state index in [-0.39, 0.29) is 12.5 Å². The summed E-state index contributed by atoms with van der Waals surface area (Å²) in [5.41, 5.74) is 1.97. The van der Waals surface area contributed by atoms with Gasteiger partial charge in [-0.05, 0) is 29.8 Å². The zero-order valence-electron chi connectivity index (χ0n) is 13.5. The van der Waals surface area contributed by atoms with E-state index in [1.807, 2.05) is 24.3 Å². The minimum absolute atomic E-state index is 0.184. The van der Waals surface area contributed by atoms with Gasteiger partial charge in [-0.15, -0.1) is 0 Å². The molecule has 0 unspecified atom stereocenters. The van der Waals surface area contributed by atoms with E-state index in [4.69, 9.17) is 4.74 Å². The third kappa shape index (κ3) is 4.98. The third-order valence-electron chi connectivity index (χ3n) is 3.27. The molecule has 0 spiro atoms. The molecule has 2 N–H and O–H groups in total. The predicted molar refractivity (Wildman–Crippen MR) is 87.6 cm³/mol. The van der Waals surface area contributed by atoms with E-state index in [0.717, 1.165) is 11.3 Å². The van der Waals surface area contributed by atoms with E-state index in [1.54, 1.807) is 19.2 Å². The van der Waals surface area contributed by atoms with Gasteiger partial charge in [0.1, 0.15) is 5.75 Å². The van der Waals surface area contributed by atoms with E-state index in [9.17, 15) is 9.59 Å². The first kappa shape index (κ1) is 17.3. The molecular weight excluding hydrogens is 310 g/mol. The minimum Gasteiger partial charge on any atom is -0.497 e. The lowest BCUT2D eigenvalue weighted by molar-refractivity contribution is 0.0950. The second-order valence-electron chi connectivity index (χ2n) is 4.92. The van der Waals surface area contributed by atoms with Crippen LogP contribution in [0.3, 0.4) is 0 Å². The van der Waals surface area contributed by atoms with E-state index < -0.39 is 6.09 Å². The fourth-order valence-electron chi connectivity index (χ4n) is 2.02. The van der Waals surface area contributed by atoms with Crippen molar-refractivity contribution >= 4 is 12.0 Å². The normalized spacial score (nSPS) is 9.92. The molecule has 0 atom stereocenters. The summed E-state index contributed by atoms with van der Waals surface area (Å²) in [5.74, 6) is 0.515. The third-order valence-corrected chi connectivity index (χ3v) is 3.27. The van der Waals surface area contributed by atoms with Gasteiger partial charge in [0, 0.05) is 18.3 Å². The summed E-state index contributed by atoms with van der Waals surface area (Å²) < 4.78 is 9.64. The van der Waals surface area contributed by atoms with Crippen LogP contribution < -0.4 is 15.4 Å². The molecule has 0 aliphatic rings. The molecule has 2 rings (SSSR count). The van der Waals surface area contributed by atoms with Crippen molar-refractivity contribution in [2.75, 3.05) is 14.2 Å². The number of ether oxygens (including phenoxy) is 2. The number of hydrogen-bond acceptors (Lipinski definition) is 5. The van der Waals surface area contributed by atoms with Crippen molar-refractivity contribution in [3.63, 3.8) is 0 Å². The van der Waals surface area contributed by atoms with Crippen molar-refractivity contribution in [2.24, 2.45) is 0 Å². The van der Waals surface area contributed by atoms with Crippen molar-refractivity contribution in [1.29, 1.82) is 0 Å². The van der Waals surface area contributed by atoms with E-state index in [0.29, 0.717) is 17.8 Å². The van der Waals surface area contributed by atoms with Gasteiger partial charge in [-0.2, -0.15) is 0 Å². The van der Waals surface area contributed by atoms with Gasteiger partial charge in [0.25, 0.3) is 5.91 Å². The zero-order valence-corrected chi connectivity index (χ0v) is 13.5. The summed E-state index contributed by atoms with van der Waals surface area (Å²) >= 11 is 0. The Morgan fingerprint density at radius 3 is 2.67 bits per heavy atom. The lowest BCUT2D eigenvalue weighted by Gasteiger charge is -2.08. The molecule has 0 radical (unpaired) electrons. The summed E-state index contributed by atoms with van der Waals surface area (Å²) in [6, 6.07) is 10.7. The average molecular weight is 329 g/mol. The number of pyridine rings is 1. The number of alkyl carbamates (subject to hydrolysis) is 1. The van der Waals surface area contributed by atoms with Gasteiger partial charge < -0.3 is 20.1 Å². The highest BCUT2D eigenvalue weighted by Crippen LogP contribution is 2.12. The lowest BCUT2D eigenvalue weighted by atomic mass is 10.2. The van der Waals surface area contributed by atoms with E-state index >= 15 is 0 Å². The highest BCUT2D eigenvalue weighted by atomic mass is 16.5. The highest BCUT2D eigenvalue weighted by molar-refractivity contribution is 5.94. The van der Waals surface area contributed by atoms with Crippen molar-refractivity contribution < 1.29 is 19.1 Å². The molecule has 1 aromatic heterocycles. The number of amides is 2. The lowest BCUT2D eigenvalue weighted by Crippen LogP contribution is -2.25. The minimum atomic E-state index is -0.551. The van der Waals surface area contributed by atoms with Gasteiger partial charge in [-0.1, -0.05) is 12.1 Å². The number of methoxy groups -OCH3 is 2. The summed E-state index contributed by atoms with van der Waals surface area (Å²) in [6.45, 7) is 0.567. The van der Waals surface area contributed by atoms with Gasteiger partial charge >= 0.3 is 6.09 Å². The van der Waals surface area contributed by atoms with Crippen LogP contribution in [0.15, 0.2) is 42.6 Å². The van der Waals surface area contributed by atoms with Crippen LogP contribution in [-0.2, 0) is 17.8 Å². The molecule has 7 nitrogen and oxygen atoms in total. The second kappa shape index (κ2) is 8.52. The van der Waals surface area contributed by atoms with Crippen LogP contribution in [0, 0.1) is 0 Å². The van der Waals surface area contributed by atoms with Crippen LogP contribution in [0.25, 0.3) is 0 Å². The van der Waals surface area contributed by atoms with Crippen LogP contribution in [0.1, 0.15) is 21.6 Å². The summed E-state index contributed by atoms with van der Waals surface area (Å²) in [6.07, 6.45) is 0.971. The fraction of sp³-hybridized carbons (Fsp3) is 0.235. The number of benzene rings is 1. The Hall–Kier alpha value is -3.09. The predicted octanol–water partition coefficient (Wildman–Crippen LogP) is 1.88. The molecule has 0 saturated carbocycles. The number of carbonyl (C=O) groups is 2. The SMILES string of the molecule is COC(=O)NCc1cc(C(=O)NCc2cccc(OC)c2)ccn1. The van der Waals surface area contributed by atoms with Crippen molar-refractivity contribution in [3.8, 4) is 5.75 Å². The maximum absolute atomic E-state index is 12.2. The Balaban J connectivity index is 1.95. The number of carbonyl (C=O) groups excluding carboxylic acids is 2. The van der Waals surface area contributed by atoms with Crippen LogP contribution in [0.4, 0.5) is 4.79 Å². The van der Waals surface area contributed by atoms with Gasteiger partial charge in [-0.3, -0.25) is 9.78 Å². The van der Waals surface area contributed by atoms with Crippen LogP contribution in [0.2, 0.25) is 0 Å².